The van der Waals surface area contributed by atoms with Crippen LogP contribution >= 0.6 is 11.8 Å². The van der Waals surface area contributed by atoms with Gasteiger partial charge in [0.25, 0.3) is 0 Å². The molecule has 2 rings (SSSR count). The van der Waals surface area contributed by atoms with E-state index in [1.54, 1.807) is 12.1 Å². The molecule has 1 aromatic rings. The molecule has 0 radical (unpaired) electrons. The van der Waals surface area contributed by atoms with Crippen molar-refractivity contribution < 1.29 is 18.3 Å². The molecule has 0 aromatic heterocycles. The second kappa shape index (κ2) is 6.83. The molecule has 0 unspecified atom stereocenters. The lowest BCUT2D eigenvalue weighted by Gasteiger charge is -2.26. The minimum atomic E-state index is -4.23. The summed E-state index contributed by atoms with van der Waals surface area (Å²) in [6.07, 6.45) is 3.36. The number of nitrogens with one attached hydrogen (secondary N) is 1. The first kappa shape index (κ1) is 15.7. The van der Waals surface area contributed by atoms with Crippen LogP contribution in [0.3, 0.4) is 0 Å². The van der Waals surface area contributed by atoms with Gasteiger partial charge in [-0.1, -0.05) is 12.1 Å². The minimum Gasteiger partial charge on any atom is -0.393 e. The number of halogens is 3. The molecule has 1 aliphatic rings. The summed E-state index contributed by atoms with van der Waals surface area (Å²) in [6, 6.07) is 6.83. The molecule has 0 saturated heterocycles. The van der Waals surface area contributed by atoms with Crippen LogP contribution in [-0.2, 0) is 6.54 Å². The fraction of sp³-hybridized carbons (Fsp3) is 0.571. The molecule has 0 aliphatic heterocycles. The topological polar surface area (TPSA) is 32.3 Å². The lowest BCUT2D eigenvalue weighted by atomic mass is 9.93. The second-order valence-electron chi connectivity index (χ2n) is 5.08. The highest BCUT2D eigenvalue weighted by Crippen LogP contribution is 2.36. The maximum Gasteiger partial charge on any atom is 0.446 e. The van der Waals surface area contributed by atoms with Crippen molar-refractivity contribution in [1.29, 1.82) is 0 Å². The van der Waals surface area contributed by atoms with E-state index in [1.807, 2.05) is 0 Å². The first-order chi connectivity index (χ1) is 9.42. The maximum atomic E-state index is 12.2. The van der Waals surface area contributed by atoms with Crippen molar-refractivity contribution in [3.63, 3.8) is 0 Å². The van der Waals surface area contributed by atoms with Gasteiger partial charge in [0.15, 0.2) is 0 Å². The van der Waals surface area contributed by atoms with E-state index in [0.29, 0.717) is 12.6 Å². The normalized spacial score (nSPS) is 23.8. The van der Waals surface area contributed by atoms with Crippen LogP contribution in [-0.4, -0.2) is 22.8 Å². The largest absolute Gasteiger partial charge is 0.446 e. The Morgan fingerprint density at radius 3 is 2.25 bits per heavy atom. The third-order valence-electron chi connectivity index (χ3n) is 3.45. The van der Waals surface area contributed by atoms with Crippen LogP contribution in [0, 0.1) is 0 Å². The summed E-state index contributed by atoms with van der Waals surface area (Å²) in [5, 5.41) is 12.8. The molecule has 1 saturated carbocycles. The fourth-order valence-electron chi connectivity index (χ4n) is 2.35. The Morgan fingerprint density at radius 1 is 1.10 bits per heavy atom. The molecule has 0 heterocycles. The Morgan fingerprint density at radius 2 is 1.70 bits per heavy atom. The first-order valence-corrected chi connectivity index (χ1v) is 7.50. The van der Waals surface area contributed by atoms with Gasteiger partial charge in [-0.25, -0.2) is 0 Å². The number of hydrogen-bond donors (Lipinski definition) is 2. The van der Waals surface area contributed by atoms with E-state index in [0.717, 1.165) is 31.2 Å². The van der Waals surface area contributed by atoms with Crippen LogP contribution in [0.25, 0.3) is 0 Å². The van der Waals surface area contributed by atoms with Gasteiger partial charge in [-0.05, 0) is 55.1 Å². The maximum absolute atomic E-state index is 12.2. The van der Waals surface area contributed by atoms with Crippen molar-refractivity contribution in [2.45, 2.75) is 54.8 Å². The number of alkyl halides is 3. The van der Waals surface area contributed by atoms with Crippen molar-refractivity contribution >= 4 is 11.8 Å². The number of thioether (sulfide) groups is 1. The van der Waals surface area contributed by atoms with Crippen molar-refractivity contribution in [3.8, 4) is 0 Å². The Labute approximate surface area is 120 Å². The standard InChI is InChI=1S/C14H18F3NOS/c15-14(16,17)20-13-7-1-10(2-8-13)9-18-11-3-5-12(19)6-4-11/h1-2,7-8,11-12,18-19H,3-6,9H2. The number of aliphatic hydroxyl groups excluding tert-OH is 1. The molecule has 2 N–H and O–H groups in total. The molecule has 112 valence electrons. The highest BCUT2D eigenvalue weighted by Gasteiger charge is 2.29. The molecular weight excluding hydrogens is 287 g/mol. The van der Waals surface area contributed by atoms with Gasteiger partial charge < -0.3 is 10.4 Å². The molecule has 0 atom stereocenters. The van der Waals surface area contributed by atoms with Gasteiger partial charge in [0.2, 0.25) is 0 Å². The van der Waals surface area contributed by atoms with Crippen molar-refractivity contribution in [1.82, 2.24) is 5.32 Å². The highest BCUT2D eigenvalue weighted by atomic mass is 32.2. The Balaban J connectivity index is 1.79. The third-order valence-corrected chi connectivity index (χ3v) is 4.19. The average molecular weight is 305 g/mol. The Bertz CT molecular complexity index is 413. The number of benzene rings is 1. The van der Waals surface area contributed by atoms with Crippen LogP contribution in [0.2, 0.25) is 0 Å². The highest BCUT2D eigenvalue weighted by molar-refractivity contribution is 8.00. The number of hydrogen-bond acceptors (Lipinski definition) is 3. The summed E-state index contributed by atoms with van der Waals surface area (Å²) in [5.41, 5.74) is -3.26. The van der Waals surface area contributed by atoms with Gasteiger partial charge >= 0.3 is 5.51 Å². The van der Waals surface area contributed by atoms with Crippen LogP contribution in [0.1, 0.15) is 31.2 Å². The van der Waals surface area contributed by atoms with Crippen LogP contribution in [0.5, 0.6) is 0 Å². The van der Waals surface area contributed by atoms with Gasteiger partial charge in [-0.15, -0.1) is 0 Å². The summed E-state index contributed by atoms with van der Waals surface area (Å²) in [4.78, 5) is 0.210. The van der Waals surface area contributed by atoms with E-state index in [-0.39, 0.29) is 22.8 Å². The molecule has 1 aromatic carbocycles. The van der Waals surface area contributed by atoms with Crippen LogP contribution in [0.15, 0.2) is 29.2 Å². The van der Waals surface area contributed by atoms with Crippen molar-refractivity contribution in [2.75, 3.05) is 0 Å². The van der Waals surface area contributed by atoms with E-state index in [9.17, 15) is 18.3 Å². The molecule has 1 fully saturated rings. The second-order valence-corrected chi connectivity index (χ2v) is 6.22. The Kier molecular flexibility index (Phi) is 5.35. The molecule has 1 aliphatic carbocycles. The minimum absolute atomic E-state index is 0.0924. The zero-order valence-corrected chi connectivity index (χ0v) is 11.8. The van der Waals surface area contributed by atoms with E-state index >= 15 is 0 Å². The molecule has 2 nitrogen and oxygen atoms in total. The van der Waals surface area contributed by atoms with E-state index in [2.05, 4.69) is 5.32 Å². The molecular formula is C14H18F3NOS. The third kappa shape index (κ3) is 5.34. The zero-order valence-electron chi connectivity index (χ0n) is 11.0. The number of rotatable bonds is 4. The number of aliphatic hydroxyl groups is 1. The lowest BCUT2D eigenvalue weighted by molar-refractivity contribution is -0.0328. The zero-order chi connectivity index (χ0) is 14.6. The van der Waals surface area contributed by atoms with E-state index in [1.165, 1.54) is 12.1 Å². The molecule has 6 heteroatoms. The van der Waals surface area contributed by atoms with Crippen LogP contribution in [0.4, 0.5) is 13.2 Å². The summed E-state index contributed by atoms with van der Waals surface area (Å²) >= 11 is -0.0924. The quantitative estimate of drug-likeness (QED) is 0.832. The lowest BCUT2D eigenvalue weighted by Crippen LogP contribution is -2.34. The van der Waals surface area contributed by atoms with E-state index < -0.39 is 5.51 Å². The van der Waals surface area contributed by atoms with Crippen molar-refractivity contribution in [3.05, 3.63) is 29.8 Å². The molecule has 0 bridgehead atoms. The average Bonchev–Trinajstić information content (AvgIpc) is 2.38. The summed E-state index contributed by atoms with van der Waals surface area (Å²) in [7, 11) is 0. The predicted molar refractivity (Wildman–Crippen MR) is 73.5 cm³/mol. The van der Waals surface area contributed by atoms with Gasteiger partial charge in [-0.3, -0.25) is 0 Å². The molecule has 0 spiro atoms. The molecule has 0 amide bonds. The summed E-state index contributed by atoms with van der Waals surface area (Å²) < 4.78 is 36.6. The van der Waals surface area contributed by atoms with Crippen LogP contribution < -0.4 is 5.32 Å². The summed E-state index contributed by atoms with van der Waals surface area (Å²) in [6.45, 7) is 0.651. The monoisotopic (exact) mass is 305 g/mol. The SMILES string of the molecule is OC1CCC(NCc2ccc(SC(F)(F)F)cc2)CC1. The summed E-state index contributed by atoms with van der Waals surface area (Å²) in [5.74, 6) is 0. The van der Waals surface area contributed by atoms with E-state index in [4.69, 9.17) is 0 Å². The smallest absolute Gasteiger partial charge is 0.393 e. The fourth-order valence-corrected chi connectivity index (χ4v) is 2.89. The molecule has 20 heavy (non-hydrogen) atoms. The predicted octanol–water partition coefficient (Wildman–Crippen LogP) is 3.69. The van der Waals surface area contributed by atoms with Gasteiger partial charge in [0.1, 0.15) is 0 Å². The Hall–Kier alpha value is -0.720. The van der Waals surface area contributed by atoms with Gasteiger partial charge in [-0.2, -0.15) is 13.2 Å². The van der Waals surface area contributed by atoms with Crippen molar-refractivity contribution in [2.24, 2.45) is 0 Å². The van der Waals surface area contributed by atoms with Gasteiger partial charge in [0.05, 0.1) is 6.10 Å². The van der Waals surface area contributed by atoms with Gasteiger partial charge in [0, 0.05) is 17.5 Å². The first-order valence-electron chi connectivity index (χ1n) is 6.68.